The van der Waals surface area contributed by atoms with E-state index in [-0.39, 0.29) is 0 Å². The molecule has 0 bridgehead atoms. The van der Waals surface area contributed by atoms with E-state index in [1.807, 2.05) is 43.4 Å². The summed E-state index contributed by atoms with van der Waals surface area (Å²) < 4.78 is 0. The van der Waals surface area contributed by atoms with E-state index in [9.17, 15) is 0 Å². The Kier molecular flexibility index (Phi) is 5.14. The molecule has 0 saturated carbocycles. The van der Waals surface area contributed by atoms with Gasteiger partial charge in [0.1, 0.15) is 12.0 Å². The van der Waals surface area contributed by atoms with Gasteiger partial charge in [-0.1, -0.05) is 48.5 Å². The Balaban J connectivity index is 1.91. The zero-order chi connectivity index (χ0) is 17.6. The lowest BCUT2D eigenvalue weighted by atomic mass is 10.2. The number of nitrogen functional groups attached to an aromatic ring is 1. The van der Waals surface area contributed by atoms with E-state index >= 15 is 0 Å². The Bertz CT molecular complexity index is 805. The standard InChI is InChI=1S/C20H23N5/c1-3-25(17-12-8-5-9-13-17)20-18(21)19(22-15-23-20)24(2)14-16-10-6-4-7-11-16/h4-13,15H,3,14,21H2,1-2H3. The van der Waals surface area contributed by atoms with Crippen molar-refractivity contribution >= 4 is 23.0 Å². The second-order valence-electron chi connectivity index (χ2n) is 5.86. The van der Waals surface area contributed by atoms with Crippen LogP contribution in [0.1, 0.15) is 12.5 Å². The zero-order valence-electron chi connectivity index (χ0n) is 14.6. The molecule has 0 saturated heterocycles. The summed E-state index contributed by atoms with van der Waals surface area (Å²) in [6, 6.07) is 20.4. The molecule has 0 aliphatic rings. The molecule has 3 aromatic rings. The molecule has 128 valence electrons. The first-order chi connectivity index (χ1) is 12.2. The molecule has 0 atom stereocenters. The predicted molar refractivity (Wildman–Crippen MR) is 104 cm³/mol. The van der Waals surface area contributed by atoms with Gasteiger partial charge in [0.05, 0.1) is 0 Å². The van der Waals surface area contributed by atoms with Crippen LogP contribution in [0.4, 0.5) is 23.0 Å². The number of benzene rings is 2. The van der Waals surface area contributed by atoms with Gasteiger partial charge < -0.3 is 15.5 Å². The largest absolute Gasteiger partial charge is 0.393 e. The van der Waals surface area contributed by atoms with E-state index in [1.54, 1.807) is 6.33 Å². The van der Waals surface area contributed by atoms with Crippen molar-refractivity contribution < 1.29 is 0 Å². The molecular weight excluding hydrogens is 310 g/mol. The number of nitrogens with two attached hydrogens (primary N) is 1. The van der Waals surface area contributed by atoms with Crippen molar-refractivity contribution in [2.24, 2.45) is 0 Å². The summed E-state index contributed by atoms with van der Waals surface area (Å²) in [5, 5.41) is 0. The van der Waals surface area contributed by atoms with Crippen LogP contribution < -0.4 is 15.5 Å². The molecular formula is C20H23N5. The third-order valence-corrected chi connectivity index (χ3v) is 4.11. The highest BCUT2D eigenvalue weighted by Crippen LogP contribution is 2.33. The SMILES string of the molecule is CCN(c1ccccc1)c1ncnc(N(C)Cc2ccccc2)c1N. The van der Waals surface area contributed by atoms with Gasteiger partial charge in [-0.3, -0.25) is 0 Å². The van der Waals surface area contributed by atoms with E-state index in [1.165, 1.54) is 5.56 Å². The molecule has 1 aromatic heterocycles. The van der Waals surface area contributed by atoms with Gasteiger partial charge >= 0.3 is 0 Å². The first-order valence-corrected chi connectivity index (χ1v) is 8.38. The quantitative estimate of drug-likeness (QED) is 0.742. The minimum absolute atomic E-state index is 0.589. The van der Waals surface area contributed by atoms with Crippen LogP contribution in [0.2, 0.25) is 0 Å². The summed E-state index contributed by atoms with van der Waals surface area (Å²) in [6.07, 6.45) is 1.58. The minimum Gasteiger partial charge on any atom is -0.393 e. The third-order valence-electron chi connectivity index (χ3n) is 4.11. The van der Waals surface area contributed by atoms with Crippen LogP contribution in [0.15, 0.2) is 67.0 Å². The van der Waals surface area contributed by atoms with Crippen molar-refractivity contribution in [3.63, 3.8) is 0 Å². The van der Waals surface area contributed by atoms with Gasteiger partial charge in [0.2, 0.25) is 0 Å². The second kappa shape index (κ2) is 7.66. The molecule has 0 aliphatic heterocycles. The monoisotopic (exact) mass is 333 g/mol. The number of rotatable bonds is 6. The fourth-order valence-corrected chi connectivity index (χ4v) is 2.89. The summed E-state index contributed by atoms with van der Waals surface area (Å²) in [7, 11) is 1.99. The number of para-hydroxylation sites is 1. The van der Waals surface area contributed by atoms with Crippen LogP contribution in [-0.2, 0) is 6.54 Å². The van der Waals surface area contributed by atoms with E-state index in [0.29, 0.717) is 5.69 Å². The molecule has 0 spiro atoms. The lowest BCUT2D eigenvalue weighted by molar-refractivity contribution is 0.887. The summed E-state index contributed by atoms with van der Waals surface area (Å²) in [5.74, 6) is 1.47. The van der Waals surface area contributed by atoms with Gasteiger partial charge in [0, 0.05) is 25.8 Å². The molecule has 25 heavy (non-hydrogen) atoms. The van der Waals surface area contributed by atoms with E-state index in [0.717, 1.165) is 30.4 Å². The summed E-state index contributed by atoms with van der Waals surface area (Å²) in [6.45, 7) is 3.59. The van der Waals surface area contributed by atoms with E-state index < -0.39 is 0 Å². The topological polar surface area (TPSA) is 58.3 Å². The Morgan fingerprint density at radius 1 is 0.880 bits per heavy atom. The molecule has 0 radical (unpaired) electrons. The lowest BCUT2D eigenvalue weighted by Gasteiger charge is -2.26. The highest BCUT2D eigenvalue weighted by Gasteiger charge is 2.17. The van der Waals surface area contributed by atoms with Crippen LogP contribution in [0.25, 0.3) is 0 Å². The van der Waals surface area contributed by atoms with Crippen molar-refractivity contribution in [3.05, 3.63) is 72.6 Å². The van der Waals surface area contributed by atoms with Crippen molar-refractivity contribution in [2.45, 2.75) is 13.5 Å². The van der Waals surface area contributed by atoms with Gasteiger partial charge in [-0.15, -0.1) is 0 Å². The molecule has 5 nitrogen and oxygen atoms in total. The smallest absolute Gasteiger partial charge is 0.161 e. The molecule has 0 aliphatic carbocycles. The Morgan fingerprint density at radius 2 is 1.48 bits per heavy atom. The first-order valence-electron chi connectivity index (χ1n) is 8.38. The van der Waals surface area contributed by atoms with Crippen LogP contribution in [0, 0.1) is 0 Å². The summed E-state index contributed by atoms with van der Waals surface area (Å²) in [5.41, 5.74) is 9.30. The van der Waals surface area contributed by atoms with Crippen molar-refractivity contribution in [1.82, 2.24) is 9.97 Å². The number of nitrogens with zero attached hydrogens (tertiary/aromatic N) is 4. The molecule has 1 heterocycles. The maximum atomic E-state index is 6.44. The molecule has 3 rings (SSSR count). The van der Waals surface area contributed by atoms with E-state index in [2.05, 4.69) is 51.0 Å². The van der Waals surface area contributed by atoms with Gasteiger partial charge in [-0.25, -0.2) is 9.97 Å². The van der Waals surface area contributed by atoms with Gasteiger partial charge in [-0.2, -0.15) is 0 Å². The fourth-order valence-electron chi connectivity index (χ4n) is 2.89. The normalized spacial score (nSPS) is 10.5. The summed E-state index contributed by atoms with van der Waals surface area (Å²) in [4.78, 5) is 13.0. The maximum Gasteiger partial charge on any atom is 0.161 e. The molecule has 0 fully saturated rings. The maximum absolute atomic E-state index is 6.44. The molecule has 5 heteroatoms. The van der Waals surface area contributed by atoms with Gasteiger partial charge in [0.25, 0.3) is 0 Å². The average Bonchev–Trinajstić information content (AvgIpc) is 2.65. The zero-order valence-corrected chi connectivity index (χ0v) is 14.6. The summed E-state index contributed by atoms with van der Waals surface area (Å²) >= 11 is 0. The number of hydrogen-bond acceptors (Lipinski definition) is 5. The lowest BCUT2D eigenvalue weighted by Crippen LogP contribution is -2.23. The third kappa shape index (κ3) is 3.71. The average molecular weight is 333 g/mol. The first kappa shape index (κ1) is 16.8. The molecule has 0 unspecified atom stereocenters. The highest BCUT2D eigenvalue weighted by molar-refractivity contribution is 5.79. The molecule has 2 N–H and O–H groups in total. The van der Waals surface area contributed by atoms with Crippen molar-refractivity contribution in [1.29, 1.82) is 0 Å². The molecule has 0 amide bonds. The van der Waals surface area contributed by atoms with Crippen LogP contribution >= 0.6 is 0 Å². The number of anilines is 4. The Morgan fingerprint density at radius 3 is 2.12 bits per heavy atom. The predicted octanol–water partition coefficient (Wildman–Crippen LogP) is 3.85. The van der Waals surface area contributed by atoms with Crippen molar-refractivity contribution in [3.8, 4) is 0 Å². The van der Waals surface area contributed by atoms with Gasteiger partial charge in [0.15, 0.2) is 11.6 Å². The fraction of sp³-hybridized carbons (Fsp3) is 0.200. The Hall–Kier alpha value is -3.08. The van der Waals surface area contributed by atoms with Crippen LogP contribution in [-0.4, -0.2) is 23.6 Å². The molecule has 2 aromatic carbocycles. The van der Waals surface area contributed by atoms with Crippen molar-refractivity contribution in [2.75, 3.05) is 29.1 Å². The highest BCUT2D eigenvalue weighted by atomic mass is 15.2. The van der Waals surface area contributed by atoms with Crippen LogP contribution in [0.3, 0.4) is 0 Å². The number of hydrogen-bond donors (Lipinski definition) is 1. The van der Waals surface area contributed by atoms with E-state index in [4.69, 9.17) is 5.73 Å². The number of aromatic nitrogens is 2. The minimum atomic E-state index is 0.589. The van der Waals surface area contributed by atoms with Gasteiger partial charge in [-0.05, 0) is 24.6 Å². The second-order valence-corrected chi connectivity index (χ2v) is 5.86. The van der Waals surface area contributed by atoms with Crippen LogP contribution in [0.5, 0.6) is 0 Å². The Labute approximate surface area is 148 Å².